The Bertz CT molecular complexity index is 669. The molecule has 0 unspecified atom stereocenters. The SMILES string of the molecule is Cn1cc(CN2CCO[C@@]3(CCCN(c4cccnc4)C3)C2)cn1. The molecule has 128 valence electrons. The number of anilines is 1. The summed E-state index contributed by atoms with van der Waals surface area (Å²) < 4.78 is 8.18. The van der Waals surface area contributed by atoms with Gasteiger partial charge in [0.1, 0.15) is 0 Å². The molecule has 2 saturated heterocycles. The molecule has 0 aliphatic carbocycles. The van der Waals surface area contributed by atoms with Crippen molar-refractivity contribution in [3.05, 3.63) is 42.5 Å². The smallest absolute Gasteiger partial charge is 0.0983 e. The number of morpholine rings is 1. The highest BCUT2D eigenvalue weighted by atomic mass is 16.5. The maximum absolute atomic E-state index is 6.31. The van der Waals surface area contributed by atoms with Crippen LogP contribution >= 0.6 is 0 Å². The third-order valence-electron chi connectivity index (χ3n) is 5.04. The molecule has 0 aromatic carbocycles. The van der Waals surface area contributed by atoms with Crippen LogP contribution in [0.25, 0.3) is 0 Å². The van der Waals surface area contributed by atoms with Crippen LogP contribution in [0.5, 0.6) is 0 Å². The van der Waals surface area contributed by atoms with E-state index in [9.17, 15) is 0 Å². The van der Waals surface area contributed by atoms with Crippen molar-refractivity contribution in [2.45, 2.75) is 25.0 Å². The van der Waals surface area contributed by atoms with Gasteiger partial charge in [0.05, 0.1) is 30.3 Å². The van der Waals surface area contributed by atoms with Gasteiger partial charge in [-0.25, -0.2) is 0 Å². The van der Waals surface area contributed by atoms with Crippen molar-refractivity contribution in [3.8, 4) is 0 Å². The third kappa shape index (κ3) is 3.30. The van der Waals surface area contributed by atoms with Crippen LogP contribution in [0.2, 0.25) is 0 Å². The highest BCUT2D eigenvalue weighted by Gasteiger charge is 2.40. The molecule has 2 aliphatic heterocycles. The van der Waals surface area contributed by atoms with E-state index in [4.69, 9.17) is 4.74 Å². The van der Waals surface area contributed by atoms with Gasteiger partial charge >= 0.3 is 0 Å². The molecule has 6 nitrogen and oxygen atoms in total. The van der Waals surface area contributed by atoms with Gasteiger partial charge in [0.15, 0.2) is 0 Å². The molecule has 4 heterocycles. The number of ether oxygens (including phenoxy) is 1. The zero-order valence-electron chi connectivity index (χ0n) is 14.3. The number of nitrogens with zero attached hydrogens (tertiary/aromatic N) is 5. The molecule has 4 rings (SSSR count). The Hall–Kier alpha value is -1.92. The van der Waals surface area contributed by atoms with Gasteiger partial charge in [-0.1, -0.05) is 0 Å². The molecular formula is C18H25N5O. The van der Waals surface area contributed by atoms with Gasteiger partial charge in [0.2, 0.25) is 0 Å². The molecule has 0 saturated carbocycles. The molecule has 1 spiro atoms. The second-order valence-electron chi connectivity index (χ2n) is 7.00. The van der Waals surface area contributed by atoms with Crippen LogP contribution in [0.3, 0.4) is 0 Å². The average molecular weight is 327 g/mol. The van der Waals surface area contributed by atoms with Crippen LogP contribution in [-0.2, 0) is 18.3 Å². The van der Waals surface area contributed by atoms with E-state index in [2.05, 4.69) is 32.1 Å². The van der Waals surface area contributed by atoms with E-state index in [-0.39, 0.29) is 5.60 Å². The van der Waals surface area contributed by atoms with Gasteiger partial charge < -0.3 is 9.64 Å². The van der Waals surface area contributed by atoms with Crippen molar-refractivity contribution in [2.75, 3.05) is 37.7 Å². The Morgan fingerprint density at radius 2 is 2.21 bits per heavy atom. The van der Waals surface area contributed by atoms with Crippen LogP contribution in [0.1, 0.15) is 18.4 Å². The summed E-state index contributed by atoms with van der Waals surface area (Å²) in [5, 5.41) is 4.28. The first-order valence-corrected chi connectivity index (χ1v) is 8.71. The standard InChI is InChI=1S/C18H25N5O/c1-21-12-16(10-20-21)13-22-8-9-24-18(14-22)5-3-7-23(15-18)17-4-2-6-19-11-17/h2,4,6,10-12H,3,5,7-9,13-15H2,1H3/t18-/m0/s1. The Labute approximate surface area is 143 Å². The summed E-state index contributed by atoms with van der Waals surface area (Å²) in [6, 6.07) is 4.15. The number of hydrogen-bond donors (Lipinski definition) is 0. The fourth-order valence-corrected chi connectivity index (χ4v) is 3.98. The molecule has 2 aliphatic rings. The maximum atomic E-state index is 6.31. The second kappa shape index (κ2) is 6.53. The fourth-order valence-electron chi connectivity index (χ4n) is 3.98. The van der Waals surface area contributed by atoms with Crippen LogP contribution < -0.4 is 4.90 Å². The maximum Gasteiger partial charge on any atom is 0.0983 e. The van der Waals surface area contributed by atoms with Crippen molar-refractivity contribution >= 4 is 5.69 Å². The van der Waals surface area contributed by atoms with Crippen LogP contribution in [-0.4, -0.2) is 58.1 Å². The molecule has 2 aromatic rings. The zero-order valence-corrected chi connectivity index (χ0v) is 14.3. The number of aryl methyl sites for hydroxylation is 1. The topological polar surface area (TPSA) is 46.4 Å². The molecule has 0 amide bonds. The van der Waals surface area contributed by atoms with Gasteiger partial charge in [-0.05, 0) is 25.0 Å². The minimum atomic E-state index is -0.0610. The summed E-state index contributed by atoms with van der Waals surface area (Å²) in [6.45, 7) is 5.76. The molecule has 2 aromatic heterocycles. The van der Waals surface area contributed by atoms with Crippen molar-refractivity contribution in [1.29, 1.82) is 0 Å². The minimum absolute atomic E-state index is 0.0610. The van der Waals surface area contributed by atoms with Crippen LogP contribution in [0, 0.1) is 0 Å². The quantitative estimate of drug-likeness (QED) is 0.858. The summed E-state index contributed by atoms with van der Waals surface area (Å²) in [7, 11) is 1.97. The van der Waals surface area contributed by atoms with Gasteiger partial charge in [-0.2, -0.15) is 5.10 Å². The highest BCUT2D eigenvalue weighted by Crippen LogP contribution is 2.31. The monoisotopic (exact) mass is 327 g/mol. The lowest BCUT2D eigenvalue weighted by atomic mass is 9.90. The van der Waals surface area contributed by atoms with E-state index in [1.807, 2.05) is 36.4 Å². The predicted octanol–water partition coefficient (Wildman–Crippen LogP) is 1.69. The molecule has 6 heteroatoms. The first-order valence-electron chi connectivity index (χ1n) is 8.71. The van der Waals surface area contributed by atoms with E-state index in [1.165, 1.54) is 11.3 Å². The summed E-state index contributed by atoms with van der Waals surface area (Å²) in [4.78, 5) is 9.19. The molecule has 2 fully saturated rings. The fraction of sp³-hybridized carbons (Fsp3) is 0.556. The summed E-state index contributed by atoms with van der Waals surface area (Å²) in [6.07, 6.45) is 10.1. The predicted molar refractivity (Wildman–Crippen MR) is 92.9 cm³/mol. The van der Waals surface area contributed by atoms with Crippen molar-refractivity contribution in [1.82, 2.24) is 19.7 Å². The molecule has 0 bridgehead atoms. The summed E-state index contributed by atoms with van der Waals surface area (Å²) >= 11 is 0. The molecule has 0 radical (unpaired) electrons. The number of rotatable bonds is 3. The van der Waals surface area contributed by atoms with Crippen molar-refractivity contribution in [2.24, 2.45) is 7.05 Å². The average Bonchev–Trinajstić information content (AvgIpc) is 3.01. The largest absolute Gasteiger partial charge is 0.370 e. The summed E-state index contributed by atoms with van der Waals surface area (Å²) in [5.41, 5.74) is 2.41. The van der Waals surface area contributed by atoms with E-state index in [0.717, 1.165) is 52.2 Å². The van der Waals surface area contributed by atoms with E-state index in [1.54, 1.807) is 0 Å². The minimum Gasteiger partial charge on any atom is -0.370 e. The van der Waals surface area contributed by atoms with Crippen LogP contribution in [0.15, 0.2) is 36.9 Å². The van der Waals surface area contributed by atoms with E-state index >= 15 is 0 Å². The van der Waals surface area contributed by atoms with Crippen LogP contribution in [0.4, 0.5) is 5.69 Å². The molecular weight excluding hydrogens is 302 g/mol. The molecule has 0 N–H and O–H groups in total. The normalized spacial score (nSPS) is 25.3. The van der Waals surface area contributed by atoms with Gasteiger partial charge in [0, 0.05) is 57.7 Å². The molecule has 24 heavy (non-hydrogen) atoms. The Morgan fingerprint density at radius 1 is 1.25 bits per heavy atom. The lowest BCUT2D eigenvalue weighted by molar-refractivity contribution is -0.116. The number of hydrogen-bond acceptors (Lipinski definition) is 5. The van der Waals surface area contributed by atoms with Crippen molar-refractivity contribution in [3.63, 3.8) is 0 Å². The highest BCUT2D eigenvalue weighted by molar-refractivity contribution is 5.44. The third-order valence-corrected chi connectivity index (χ3v) is 5.04. The summed E-state index contributed by atoms with van der Waals surface area (Å²) in [5.74, 6) is 0. The lowest BCUT2D eigenvalue weighted by Crippen LogP contribution is -2.59. The van der Waals surface area contributed by atoms with E-state index < -0.39 is 0 Å². The second-order valence-corrected chi connectivity index (χ2v) is 7.00. The van der Waals surface area contributed by atoms with Gasteiger partial charge in [-0.3, -0.25) is 14.6 Å². The van der Waals surface area contributed by atoms with E-state index in [0.29, 0.717) is 0 Å². The Kier molecular flexibility index (Phi) is 4.24. The Morgan fingerprint density at radius 3 is 3.00 bits per heavy atom. The van der Waals surface area contributed by atoms with Gasteiger partial charge in [-0.15, -0.1) is 0 Å². The number of aromatic nitrogens is 3. The zero-order chi connectivity index (χ0) is 16.4. The number of pyridine rings is 1. The lowest BCUT2D eigenvalue weighted by Gasteiger charge is -2.48. The molecule has 1 atom stereocenters. The first-order chi connectivity index (χ1) is 11.7. The first kappa shape index (κ1) is 15.6. The number of piperidine rings is 1. The van der Waals surface area contributed by atoms with Gasteiger partial charge in [0.25, 0.3) is 0 Å². The Balaban J connectivity index is 1.45. The van der Waals surface area contributed by atoms with Crippen molar-refractivity contribution < 1.29 is 4.74 Å².